The topological polar surface area (TPSA) is 86.7 Å². The largest absolute Gasteiger partial charge is 0.329 e. The molecule has 2 aromatic heterocycles. The Morgan fingerprint density at radius 3 is 2.67 bits per heavy atom. The van der Waals surface area contributed by atoms with Gasteiger partial charge in [-0.25, -0.2) is 0 Å². The Kier molecular flexibility index (Phi) is 3.24. The molecule has 0 aromatic carbocycles. The molecule has 0 bridgehead atoms. The summed E-state index contributed by atoms with van der Waals surface area (Å²) in [5.74, 6) is 0.235. The summed E-state index contributed by atoms with van der Waals surface area (Å²) in [4.78, 5) is 10.5. The van der Waals surface area contributed by atoms with E-state index < -0.39 is 4.92 Å². The second kappa shape index (κ2) is 4.69. The van der Waals surface area contributed by atoms with Gasteiger partial charge >= 0.3 is 5.69 Å². The Hall–Kier alpha value is -2.02. The Balaban J connectivity index is 2.64. The molecule has 7 nitrogen and oxygen atoms in total. The zero-order valence-corrected chi connectivity index (χ0v) is 10.5. The van der Waals surface area contributed by atoms with E-state index in [0.717, 1.165) is 0 Å². The lowest BCUT2D eigenvalue weighted by molar-refractivity contribution is -0.385. The van der Waals surface area contributed by atoms with E-state index >= 15 is 0 Å². The molecule has 2 aromatic rings. The van der Waals surface area contributed by atoms with Crippen LogP contribution in [0.3, 0.4) is 0 Å². The van der Waals surface area contributed by atoms with Gasteiger partial charge in [-0.05, 0) is 12.1 Å². The van der Waals surface area contributed by atoms with Crippen molar-refractivity contribution >= 4 is 17.3 Å². The number of halogens is 1. The standard InChI is InChI=1S/C10H10ClN5O2/c1-6(2)8-9(16(17)18)10(11)15(14-8)7-4-3-5-12-13-7/h3-6H,1-2H3. The molecule has 0 aliphatic heterocycles. The molecule has 0 amide bonds. The van der Waals surface area contributed by atoms with E-state index in [1.54, 1.807) is 12.1 Å². The van der Waals surface area contributed by atoms with Crippen LogP contribution in [0.25, 0.3) is 5.82 Å². The van der Waals surface area contributed by atoms with Crippen LogP contribution in [0.5, 0.6) is 0 Å². The second-order valence-electron chi connectivity index (χ2n) is 3.93. The zero-order chi connectivity index (χ0) is 13.3. The van der Waals surface area contributed by atoms with Gasteiger partial charge in [-0.2, -0.15) is 14.9 Å². The monoisotopic (exact) mass is 267 g/mol. The minimum atomic E-state index is -0.530. The molecule has 0 saturated carbocycles. The highest BCUT2D eigenvalue weighted by atomic mass is 35.5. The van der Waals surface area contributed by atoms with Crippen molar-refractivity contribution in [1.29, 1.82) is 0 Å². The number of nitrogens with zero attached hydrogens (tertiary/aromatic N) is 5. The van der Waals surface area contributed by atoms with Gasteiger partial charge in [0.1, 0.15) is 5.69 Å². The van der Waals surface area contributed by atoms with Gasteiger partial charge in [0, 0.05) is 12.1 Å². The van der Waals surface area contributed by atoms with E-state index in [2.05, 4.69) is 15.3 Å². The lowest BCUT2D eigenvalue weighted by Gasteiger charge is -1.98. The maximum atomic E-state index is 11.0. The van der Waals surface area contributed by atoms with E-state index in [1.807, 2.05) is 13.8 Å². The minimum absolute atomic E-state index is 0.0656. The van der Waals surface area contributed by atoms with Gasteiger partial charge in [0.05, 0.1) is 4.92 Å². The van der Waals surface area contributed by atoms with Crippen LogP contribution < -0.4 is 0 Å². The Bertz CT molecular complexity index is 581. The van der Waals surface area contributed by atoms with Gasteiger partial charge in [0.25, 0.3) is 0 Å². The number of aromatic nitrogens is 4. The van der Waals surface area contributed by atoms with Gasteiger partial charge in [-0.15, -0.1) is 5.10 Å². The lowest BCUT2D eigenvalue weighted by Crippen LogP contribution is -2.01. The molecule has 18 heavy (non-hydrogen) atoms. The van der Waals surface area contributed by atoms with Gasteiger partial charge in [0.2, 0.25) is 5.15 Å². The summed E-state index contributed by atoms with van der Waals surface area (Å²) < 4.78 is 1.22. The molecule has 0 fully saturated rings. The fourth-order valence-corrected chi connectivity index (χ4v) is 1.81. The van der Waals surface area contributed by atoms with Crippen molar-refractivity contribution in [3.8, 4) is 5.82 Å². The van der Waals surface area contributed by atoms with Crippen LogP contribution in [0.4, 0.5) is 5.69 Å². The quantitative estimate of drug-likeness (QED) is 0.629. The molecule has 8 heteroatoms. The average Bonchev–Trinajstić information content (AvgIpc) is 2.68. The molecule has 94 valence electrons. The highest BCUT2D eigenvalue weighted by molar-refractivity contribution is 6.32. The molecule has 0 N–H and O–H groups in total. The third-order valence-corrected chi connectivity index (χ3v) is 2.68. The molecule has 0 atom stereocenters. The first-order valence-corrected chi connectivity index (χ1v) is 5.61. The Labute approximate surface area is 108 Å². The predicted octanol–water partition coefficient (Wildman–Crippen LogP) is 2.35. The molecule has 0 radical (unpaired) electrons. The SMILES string of the molecule is CC(C)c1nn(-c2cccnn2)c(Cl)c1[N+](=O)[O-]. The van der Waals surface area contributed by atoms with E-state index in [-0.39, 0.29) is 16.8 Å². The fraction of sp³-hybridized carbons (Fsp3) is 0.300. The number of hydrogen-bond donors (Lipinski definition) is 0. The third kappa shape index (κ3) is 2.04. The van der Waals surface area contributed by atoms with Crippen LogP contribution in [-0.2, 0) is 0 Å². The van der Waals surface area contributed by atoms with E-state index in [4.69, 9.17) is 11.6 Å². The van der Waals surface area contributed by atoms with Crippen molar-refractivity contribution in [3.05, 3.63) is 39.3 Å². The van der Waals surface area contributed by atoms with Crippen molar-refractivity contribution in [2.45, 2.75) is 19.8 Å². The molecule has 0 aliphatic rings. The second-order valence-corrected chi connectivity index (χ2v) is 4.29. The molecular formula is C10H10ClN5O2. The van der Waals surface area contributed by atoms with Crippen LogP contribution in [0, 0.1) is 10.1 Å². The fourth-order valence-electron chi connectivity index (χ4n) is 1.52. The van der Waals surface area contributed by atoms with Crippen LogP contribution in [0.1, 0.15) is 25.5 Å². The van der Waals surface area contributed by atoms with Crippen LogP contribution in [0.2, 0.25) is 5.15 Å². The smallest absolute Gasteiger partial charge is 0.258 e. The zero-order valence-electron chi connectivity index (χ0n) is 9.74. The lowest BCUT2D eigenvalue weighted by atomic mass is 10.1. The van der Waals surface area contributed by atoms with Crippen molar-refractivity contribution < 1.29 is 4.92 Å². The van der Waals surface area contributed by atoms with Crippen LogP contribution >= 0.6 is 11.6 Å². The van der Waals surface area contributed by atoms with E-state index in [0.29, 0.717) is 11.5 Å². The third-order valence-electron chi connectivity index (χ3n) is 2.34. The molecule has 0 spiro atoms. The number of nitro groups is 1. The van der Waals surface area contributed by atoms with Gasteiger partial charge in [-0.1, -0.05) is 25.4 Å². The molecule has 2 heterocycles. The maximum Gasteiger partial charge on any atom is 0.329 e. The number of rotatable bonds is 3. The van der Waals surface area contributed by atoms with Crippen molar-refractivity contribution in [3.63, 3.8) is 0 Å². The van der Waals surface area contributed by atoms with E-state index in [9.17, 15) is 10.1 Å². The molecule has 0 unspecified atom stereocenters. The molecule has 0 aliphatic carbocycles. The maximum absolute atomic E-state index is 11.0. The first-order chi connectivity index (χ1) is 8.52. The normalized spacial score (nSPS) is 10.9. The first-order valence-electron chi connectivity index (χ1n) is 5.23. The average molecular weight is 268 g/mol. The Morgan fingerprint density at radius 1 is 1.50 bits per heavy atom. The molecule has 0 saturated heterocycles. The van der Waals surface area contributed by atoms with Gasteiger partial charge in [0.15, 0.2) is 5.82 Å². The van der Waals surface area contributed by atoms with Crippen LogP contribution in [0.15, 0.2) is 18.3 Å². The first kappa shape index (κ1) is 12.4. The molecular weight excluding hydrogens is 258 g/mol. The highest BCUT2D eigenvalue weighted by Gasteiger charge is 2.29. The summed E-state index contributed by atoms with van der Waals surface area (Å²) >= 11 is 5.99. The van der Waals surface area contributed by atoms with Crippen molar-refractivity contribution in [1.82, 2.24) is 20.0 Å². The highest BCUT2D eigenvalue weighted by Crippen LogP contribution is 2.33. The number of hydrogen-bond acceptors (Lipinski definition) is 5. The summed E-state index contributed by atoms with van der Waals surface area (Å²) in [5.41, 5.74) is 0.146. The van der Waals surface area contributed by atoms with Gasteiger partial charge in [-0.3, -0.25) is 10.1 Å². The van der Waals surface area contributed by atoms with E-state index in [1.165, 1.54) is 10.9 Å². The van der Waals surface area contributed by atoms with Crippen molar-refractivity contribution in [2.75, 3.05) is 0 Å². The molecule has 2 rings (SSSR count). The summed E-state index contributed by atoms with van der Waals surface area (Å²) in [5, 5.41) is 22.6. The predicted molar refractivity (Wildman–Crippen MR) is 64.9 cm³/mol. The Morgan fingerprint density at radius 2 is 2.22 bits per heavy atom. The summed E-state index contributed by atoms with van der Waals surface area (Å²) in [6.07, 6.45) is 1.50. The summed E-state index contributed by atoms with van der Waals surface area (Å²) in [7, 11) is 0. The summed E-state index contributed by atoms with van der Waals surface area (Å²) in [6.45, 7) is 3.62. The van der Waals surface area contributed by atoms with Gasteiger partial charge < -0.3 is 0 Å². The minimum Gasteiger partial charge on any atom is -0.258 e. The van der Waals surface area contributed by atoms with Crippen LogP contribution in [-0.4, -0.2) is 24.9 Å². The van der Waals surface area contributed by atoms with Crippen molar-refractivity contribution in [2.24, 2.45) is 0 Å². The summed E-state index contributed by atoms with van der Waals surface area (Å²) in [6, 6.07) is 3.28.